The molecule has 0 atom stereocenters. The predicted molar refractivity (Wildman–Crippen MR) is 76.9 cm³/mol. The highest BCUT2D eigenvalue weighted by atomic mass is 79.9. The van der Waals surface area contributed by atoms with Crippen LogP contribution in [0.15, 0.2) is 34.1 Å². The second-order valence-corrected chi connectivity index (χ2v) is 5.43. The van der Waals surface area contributed by atoms with Gasteiger partial charge in [-0.3, -0.25) is 10.1 Å². The third-order valence-corrected chi connectivity index (χ3v) is 4.29. The largest absolute Gasteiger partial charge is 0.393 e. The molecule has 0 saturated carbocycles. The molecule has 0 fully saturated rings. The van der Waals surface area contributed by atoms with Crippen LogP contribution in [0.4, 0.5) is 17.1 Å². The molecule has 0 aliphatic heterocycles. The molecule has 0 radical (unpaired) electrons. The first-order chi connectivity index (χ1) is 8.58. The van der Waals surface area contributed by atoms with Gasteiger partial charge >= 0.3 is 0 Å². The SMILES string of the molecule is Nc1cc(NCc2sccc2Br)ccc1[N+](=O)[O-]. The zero-order valence-electron chi connectivity index (χ0n) is 9.22. The molecular weight excluding hydrogens is 318 g/mol. The van der Waals surface area contributed by atoms with E-state index in [1.54, 1.807) is 23.5 Å². The van der Waals surface area contributed by atoms with Crippen LogP contribution in [0.3, 0.4) is 0 Å². The maximum Gasteiger partial charge on any atom is 0.292 e. The van der Waals surface area contributed by atoms with Crippen LogP contribution >= 0.6 is 27.3 Å². The molecule has 3 N–H and O–H groups in total. The summed E-state index contributed by atoms with van der Waals surface area (Å²) in [7, 11) is 0. The molecule has 1 aromatic carbocycles. The Kier molecular flexibility index (Phi) is 3.83. The molecule has 0 aliphatic rings. The Balaban J connectivity index is 2.09. The number of benzene rings is 1. The number of nitrogens with two attached hydrogens (primary N) is 1. The van der Waals surface area contributed by atoms with Gasteiger partial charge in [0.2, 0.25) is 0 Å². The van der Waals surface area contributed by atoms with Gasteiger partial charge in [-0.2, -0.15) is 0 Å². The Morgan fingerprint density at radius 3 is 2.78 bits per heavy atom. The van der Waals surface area contributed by atoms with E-state index in [0.29, 0.717) is 6.54 Å². The lowest BCUT2D eigenvalue weighted by molar-refractivity contribution is -0.383. The lowest BCUT2D eigenvalue weighted by atomic mass is 10.2. The molecule has 1 heterocycles. The minimum Gasteiger partial charge on any atom is -0.393 e. The van der Waals surface area contributed by atoms with Crippen molar-refractivity contribution in [1.29, 1.82) is 0 Å². The number of rotatable bonds is 4. The van der Waals surface area contributed by atoms with Crippen LogP contribution < -0.4 is 11.1 Å². The van der Waals surface area contributed by atoms with E-state index in [0.717, 1.165) is 15.0 Å². The molecular formula is C11H10BrN3O2S. The number of nitrogen functional groups attached to an aromatic ring is 1. The molecule has 18 heavy (non-hydrogen) atoms. The van der Waals surface area contributed by atoms with Gasteiger partial charge in [0.25, 0.3) is 5.69 Å². The summed E-state index contributed by atoms with van der Waals surface area (Å²) in [4.78, 5) is 11.3. The van der Waals surface area contributed by atoms with Gasteiger partial charge in [0.05, 0.1) is 11.5 Å². The van der Waals surface area contributed by atoms with Crippen molar-refractivity contribution in [3.8, 4) is 0 Å². The first kappa shape index (κ1) is 12.8. The fourth-order valence-corrected chi connectivity index (χ4v) is 2.90. The highest BCUT2D eigenvalue weighted by Gasteiger charge is 2.11. The summed E-state index contributed by atoms with van der Waals surface area (Å²) in [5.74, 6) is 0. The molecule has 0 spiro atoms. The number of hydrogen-bond acceptors (Lipinski definition) is 5. The van der Waals surface area contributed by atoms with E-state index in [4.69, 9.17) is 5.73 Å². The molecule has 0 amide bonds. The van der Waals surface area contributed by atoms with Gasteiger partial charge in [-0.1, -0.05) is 0 Å². The minimum atomic E-state index is -0.491. The van der Waals surface area contributed by atoms with E-state index >= 15 is 0 Å². The second-order valence-electron chi connectivity index (χ2n) is 3.58. The van der Waals surface area contributed by atoms with Crippen LogP contribution in [0.25, 0.3) is 0 Å². The monoisotopic (exact) mass is 327 g/mol. The number of nitrogens with one attached hydrogen (secondary N) is 1. The predicted octanol–water partition coefficient (Wildman–Crippen LogP) is 3.61. The number of hydrogen-bond donors (Lipinski definition) is 2. The van der Waals surface area contributed by atoms with Crippen molar-refractivity contribution in [2.24, 2.45) is 0 Å². The lowest BCUT2D eigenvalue weighted by Crippen LogP contribution is -2.00. The fourth-order valence-electron chi connectivity index (χ4n) is 1.46. The van der Waals surface area contributed by atoms with Crippen LogP contribution in [-0.2, 0) is 6.54 Å². The normalized spacial score (nSPS) is 10.3. The van der Waals surface area contributed by atoms with Crippen molar-refractivity contribution in [3.05, 3.63) is 49.1 Å². The molecule has 0 bridgehead atoms. The lowest BCUT2D eigenvalue weighted by Gasteiger charge is -2.06. The summed E-state index contributed by atoms with van der Waals surface area (Å²) in [5, 5.41) is 15.8. The maximum absolute atomic E-state index is 10.6. The Morgan fingerprint density at radius 2 is 2.22 bits per heavy atom. The van der Waals surface area contributed by atoms with Crippen molar-refractivity contribution in [2.45, 2.75) is 6.54 Å². The number of halogens is 1. The minimum absolute atomic E-state index is 0.0714. The zero-order chi connectivity index (χ0) is 13.1. The Bertz CT molecular complexity index is 585. The third kappa shape index (κ3) is 2.80. The number of nitro benzene ring substituents is 1. The molecule has 0 saturated heterocycles. The van der Waals surface area contributed by atoms with Crippen LogP contribution in [0.1, 0.15) is 4.88 Å². The van der Waals surface area contributed by atoms with Gasteiger partial charge in [-0.25, -0.2) is 0 Å². The summed E-state index contributed by atoms with van der Waals surface area (Å²) in [6.45, 7) is 0.648. The number of anilines is 2. The molecule has 94 valence electrons. The standard InChI is InChI=1S/C11H10BrN3O2S/c12-8-3-4-18-11(8)6-14-7-1-2-10(15(16)17)9(13)5-7/h1-5,14H,6,13H2. The molecule has 7 heteroatoms. The summed E-state index contributed by atoms with van der Waals surface area (Å²) in [5.41, 5.74) is 6.47. The van der Waals surface area contributed by atoms with Crippen molar-refractivity contribution >= 4 is 44.3 Å². The van der Waals surface area contributed by atoms with Crippen molar-refractivity contribution in [1.82, 2.24) is 0 Å². The van der Waals surface area contributed by atoms with Gasteiger partial charge in [-0.15, -0.1) is 11.3 Å². The van der Waals surface area contributed by atoms with Crippen LogP contribution in [0.5, 0.6) is 0 Å². The summed E-state index contributed by atoms with van der Waals surface area (Å²) in [6, 6.07) is 6.60. The van der Waals surface area contributed by atoms with Crippen molar-refractivity contribution in [3.63, 3.8) is 0 Å². The Morgan fingerprint density at radius 1 is 1.44 bits per heavy atom. The summed E-state index contributed by atoms with van der Waals surface area (Å²) < 4.78 is 1.05. The maximum atomic E-state index is 10.6. The number of nitro groups is 1. The van der Waals surface area contributed by atoms with Gasteiger partial charge in [0, 0.05) is 21.1 Å². The summed E-state index contributed by atoms with van der Waals surface area (Å²) >= 11 is 5.07. The second kappa shape index (κ2) is 5.36. The highest BCUT2D eigenvalue weighted by molar-refractivity contribution is 9.10. The first-order valence-electron chi connectivity index (χ1n) is 5.07. The molecule has 2 rings (SSSR count). The molecule has 5 nitrogen and oxygen atoms in total. The molecule has 2 aromatic rings. The first-order valence-corrected chi connectivity index (χ1v) is 6.75. The van der Waals surface area contributed by atoms with Gasteiger partial charge < -0.3 is 11.1 Å². The van der Waals surface area contributed by atoms with Crippen LogP contribution in [0.2, 0.25) is 0 Å². The van der Waals surface area contributed by atoms with E-state index in [-0.39, 0.29) is 11.4 Å². The van der Waals surface area contributed by atoms with Gasteiger partial charge in [-0.05, 0) is 39.5 Å². The molecule has 1 aromatic heterocycles. The van der Waals surface area contributed by atoms with Crippen molar-refractivity contribution in [2.75, 3.05) is 11.1 Å². The Hall–Kier alpha value is -1.60. The molecule has 0 unspecified atom stereocenters. The Labute approximate surface area is 116 Å². The smallest absolute Gasteiger partial charge is 0.292 e. The van der Waals surface area contributed by atoms with Gasteiger partial charge in [0.1, 0.15) is 5.69 Å². The van der Waals surface area contributed by atoms with Crippen molar-refractivity contribution < 1.29 is 4.92 Å². The quantitative estimate of drug-likeness (QED) is 0.510. The van der Waals surface area contributed by atoms with E-state index in [1.165, 1.54) is 6.07 Å². The van der Waals surface area contributed by atoms with E-state index in [2.05, 4.69) is 21.2 Å². The molecule has 0 aliphatic carbocycles. The topological polar surface area (TPSA) is 81.2 Å². The van der Waals surface area contributed by atoms with Crippen LogP contribution in [0, 0.1) is 10.1 Å². The third-order valence-electron chi connectivity index (χ3n) is 2.37. The van der Waals surface area contributed by atoms with E-state index in [9.17, 15) is 10.1 Å². The number of nitrogens with zero attached hydrogens (tertiary/aromatic N) is 1. The highest BCUT2D eigenvalue weighted by Crippen LogP contribution is 2.27. The van der Waals surface area contributed by atoms with Crippen LogP contribution in [-0.4, -0.2) is 4.92 Å². The van der Waals surface area contributed by atoms with Gasteiger partial charge in [0.15, 0.2) is 0 Å². The summed E-state index contributed by atoms with van der Waals surface area (Å²) in [6.07, 6.45) is 0. The average Bonchev–Trinajstić information content (AvgIpc) is 2.72. The van der Waals surface area contributed by atoms with E-state index in [1.807, 2.05) is 11.4 Å². The average molecular weight is 328 g/mol. The zero-order valence-corrected chi connectivity index (χ0v) is 11.6. The fraction of sp³-hybridized carbons (Fsp3) is 0.0909. The number of thiophene rings is 1. The van der Waals surface area contributed by atoms with E-state index < -0.39 is 4.92 Å².